The third kappa shape index (κ3) is 4.32. The van der Waals surface area contributed by atoms with Gasteiger partial charge in [-0.2, -0.15) is 0 Å². The van der Waals surface area contributed by atoms with E-state index in [1.807, 2.05) is 4.90 Å². The number of piperidine rings is 1. The molecule has 22 heavy (non-hydrogen) atoms. The van der Waals surface area contributed by atoms with Crippen molar-refractivity contribution in [1.29, 1.82) is 0 Å². The molecule has 1 fully saturated rings. The van der Waals surface area contributed by atoms with Crippen LogP contribution < -0.4 is 0 Å². The number of carbonyl (C=O) groups is 1. The highest BCUT2D eigenvalue weighted by Crippen LogP contribution is 2.25. The van der Waals surface area contributed by atoms with Crippen LogP contribution >= 0.6 is 0 Å². The molecular formula is C17H25NO3S. The quantitative estimate of drug-likeness (QED) is 0.856. The van der Waals surface area contributed by atoms with Gasteiger partial charge < -0.3 is 4.90 Å². The van der Waals surface area contributed by atoms with E-state index in [0.29, 0.717) is 17.0 Å². The lowest BCUT2D eigenvalue weighted by atomic mass is 9.91. The molecule has 0 unspecified atom stereocenters. The van der Waals surface area contributed by atoms with Gasteiger partial charge >= 0.3 is 0 Å². The Kier molecular flexibility index (Phi) is 5.27. The second kappa shape index (κ2) is 6.82. The minimum Gasteiger partial charge on any atom is -0.336 e. The molecule has 1 aliphatic heterocycles. The molecule has 2 atom stereocenters. The van der Waals surface area contributed by atoms with Gasteiger partial charge in [0, 0.05) is 24.4 Å². The predicted molar refractivity (Wildman–Crippen MR) is 88.5 cm³/mol. The number of nitrogens with zero attached hydrogens (tertiary/aromatic N) is 1. The molecule has 0 saturated carbocycles. The van der Waals surface area contributed by atoms with Gasteiger partial charge in [-0.15, -0.1) is 0 Å². The summed E-state index contributed by atoms with van der Waals surface area (Å²) in [6.45, 7) is 5.05. The molecule has 1 heterocycles. The van der Waals surface area contributed by atoms with Crippen LogP contribution in [0.2, 0.25) is 0 Å². The molecule has 0 bridgehead atoms. The summed E-state index contributed by atoms with van der Waals surface area (Å²) in [7, 11) is -3.09. The minimum atomic E-state index is -3.09. The fourth-order valence-electron chi connectivity index (χ4n) is 3.06. The molecule has 2 rings (SSSR count). The van der Waals surface area contributed by atoms with Gasteiger partial charge in [0.1, 0.15) is 0 Å². The molecule has 1 aromatic carbocycles. The Labute approximate surface area is 133 Å². The van der Waals surface area contributed by atoms with E-state index in [4.69, 9.17) is 0 Å². The van der Waals surface area contributed by atoms with Gasteiger partial charge in [0.2, 0.25) is 0 Å². The number of rotatable bonds is 4. The Morgan fingerprint density at radius 1 is 1.32 bits per heavy atom. The lowest BCUT2D eigenvalue weighted by Crippen LogP contribution is -2.45. The molecule has 0 aromatic heterocycles. The smallest absolute Gasteiger partial charge is 0.254 e. The van der Waals surface area contributed by atoms with E-state index in [9.17, 15) is 13.2 Å². The van der Waals surface area contributed by atoms with Crippen LogP contribution in [0.5, 0.6) is 0 Å². The van der Waals surface area contributed by atoms with E-state index >= 15 is 0 Å². The number of likely N-dealkylation sites (tertiary alicyclic amines) is 1. The Hall–Kier alpha value is -1.36. The molecule has 1 saturated heterocycles. The average Bonchev–Trinajstić information content (AvgIpc) is 2.45. The summed E-state index contributed by atoms with van der Waals surface area (Å²) in [6.07, 6.45) is 4.51. The zero-order valence-corrected chi connectivity index (χ0v) is 14.4. The highest BCUT2D eigenvalue weighted by molar-refractivity contribution is 7.89. The van der Waals surface area contributed by atoms with E-state index in [1.165, 1.54) is 12.7 Å². The fraction of sp³-hybridized carbons (Fsp3) is 0.588. The molecule has 1 aliphatic rings. The summed E-state index contributed by atoms with van der Waals surface area (Å²) >= 11 is 0. The summed E-state index contributed by atoms with van der Waals surface area (Å²) in [5.41, 5.74) is 1.26. The van der Waals surface area contributed by atoms with Crippen LogP contribution in [0, 0.1) is 5.92 Å². The third-order valence-electron chi connectivity index (χ3n) is 4.42. The van der Waals surface area contributed by atoms with E-state index in [-0.39, 0.29) is 17.7 Å². The van der Waals surface area contributed by atoms with Crippen LogP contribution in [0.3, 0.4) is 0 Å². The number of benzene rings is 1. The Morgan fingerprint density at radius 2 is 2.05 bits per heavy atom. The lowest BCUT2D eigenvalue weighted by Gasteiger charge is -2.38. The summed E-state index contributed by atoms with van der Waals surface area (Å²) in [6, 6.07) is 7.25. The van der Waals surface area contributed by atoms with E-state index in [0.717, 1.165) is 19.4 Å². The molecule has 5 heteroatoms. The first-order valence-electron chi connectivity index (χ1n) is 7.87. The molecule has 4 nitrogen and oxygen atoms in total. The van der Waals surface area contributed by atoms with E-state index in [1.54, 1.807) is 24.3 Å². The Balaban J connectivity index is 2.19. The zero-order chi connectivity index (χ0) is 16.3. The molecule has 0 aliphatic carbocycles. The maximum Gasteiger partial charge on any atom is 0.254 e. The van der Waals surface area contributed by atoms with Gasteiger partial charge in [0.05, 0.1) is 5.75 Å². The second-order valence-electron chi connectivity index (χ2n) is 6.43. The number of sulfone groups is 1. The normalized spacial score (nSPS) is 22.6. The molecule has 1 amide bonds. The van der Waals surface area contributed by atoms with Crippen molar-refractivity contribution in [2.45, 2.75) is 44.9 Å². The zero-order valence-electron chi connectivity index (χ0n) is 13.6. The topological polar surface area (TPSA) is 54.5 Å². The number of amides is 1. The first kappa shape index (κ1) is 17.0. The van der Waals surface area contributed by atoms with Gasteiger partial charge in [-0.3, -0.25) is 4.79 Å². The first-order valence-corrected chi connectivity index (χ1v) is 9.94. The van der Waals surface area contributed by atoms with Crippen LogP contribution in [0.25, 0.3) is 0 Å². The molecular weight excluding hydrogens is 298 g/mol. The molecule has 0 spiro atoms. The van der Waals surface area contributed by atoms with Crippen LogP contribution in [0.15, 0.2) is 24.3 Å². The average molecular weight is 323 g/mol. The summed E-state index contributed by atoms with van der Waals surface area (Å²) in [5, 5.41) is 0. The number of carbonyl (C=O) groups excluding carboxylic acids is 1. The molecule has 1 aromatic rings. The van der Waals surface area contributed by atoms with E-state index < -0.39 is 9.84 Å². The Bertz CT molecular complexity index is 639. The monoisotopic (exact) mass is 323 g/mol. The van der Waals surface area contributed by atoms with Crippen molar-refractivity contribution >= 4 is 15.7 Å². The number of hydrogen-bond acceptors (Lipinski definition) is 3. The summed E-state index contributed by atoms with van der Waals surface area (Å²) in [4.78, 5) is 14.7. The predicted octanol–water partition coefficient (Wildman–Crippen LogP) is 2.88. The molecule has 0 N–H and O–H groups in total. The van der Waals surface area contributed by atoms with Gasteiger partial charge in [-0.1, -0.05) is 25.5 Å². The van der Waals surface area contributed by atoms with Gasteiger partial charge in [-0.25, -0.2) is 8.42 Å². The maximum atomic E-state index is 12.8. The lowest BCUT2D eigenvalue weighted by molar-refractivity contribution is 0.0556. The fourth-order valence-corrected chi connectivity index (χ4v) is 3.85. The summed E-state index contributed by atoms with van der Waals surface area (Å²) < 4.78 is 22.8. The number of hydrogen-bond donors (Lipinski definition) is 0. The van der Waals surface area contributed by atoms with Gasteiger partial charge in [-0.05, 0) is 43.4 Å². The van der Waals surface area contributed by atoms with Gasteiger partial charge in [0.15, 0.2) is 9.84 Å². The highest BCUT2D eigenvalue weighted by atomic mass is 32.2. The standard InChI is InChI=1S/C17H25NO3S/c1-4-14-9-8-13(2)18(11-14)17(19)16-7-5-6-15(10-16)12-22(3,20)21/h5-7,10,13-14H,4,8-9,11-12H2,1-3H3/t13-,14+/m1/s1. The van der Waals surface area contributed by atoms with Crippen LogP contribution in [-0.4, -0.2) is 38.1 Å². The molecule has 0 radical (unpaired) electrons. The van der Waals surface area contributed by atoms with Crippen molar-refractivity contribution < 1.29 is 13.2 Å². The maximum absolute atomic E-state index is 12.8. The SMILES string of the molecule is CC[C@H]1CC[C@@H](C)N(C(=O)c2cccc(CS(C)(=O)=O)c2)C1. The minimum absolute atomic E-state index is 0.0148. The van der Waals surface area contributed by atoms with Crippen molar-refractivity contribution in [2.24, 2.45) is 5.92 Å². The van der Waals surface area contributed by atoms with Crippen LogP contribution in [0.1, 0.15) is 49.0 Å². The van der Waals surface area contributed by atoms with E-state index in [2.05, 4.69) is 13.8 Å². The van der Waals surface area contributed by atoms with Crippen molar-refractivity contribution in [3.05, 3.63) is 35.4 Å². The third-order valence-corrected chi connectivity index (χ3v) is 5.28. The summed E-state index contributed by atoms with van der Waals surface area (Å²) in [5.74, 6) is 0.557. The first-order chi connectivity index (χ1) is 10.3. The molecule has 122 valence electrons. The highest BCUT2D eigenvalue weighted by Gasteiger charge is 2.28. The van der Waals surface area contributed by atoms with Crippen molar-refractivity contribution in [3.8, 4) is 0 Å². The van der Waals surface area contributed by atoms with Crippen molar-refractivity contribution in [1.82, 2.24) is 4.90 Å². The largest absolute Gasteiger partial charge is 0.336 e. The second-order valence-corrected chi connectivity index (χ2v) is 8.57. The van der Waals surface area contributed by atoms with Crippen LogP contribution in [0.4, 0.5) is 0 Å². The van der Waals surface area contributed by atoms with Crippen molar-refractivity contribution in [2.75, 3.05) is 12.8 Å². The van der Waals surface area contributed by atoms with Gasteiger partial charge in [0.25, 0.3) is 5.91 Å². The van der Waals surface area contributed by atoms with Crippen molar-refractivity contribution in [3.63, 3.8) is 0 Å². The Morgan fingerprint density at radius 3 is 2.68 bits per heavy atom. The van der Waals surface area contributed by atoms with Crippen LogP contribution in [-0.2, 0) is 15.6 Å².